The van der Waals surface area contributed by atoms with Gasteiger partial charge in [0.15, 0.2) is 0 Å². The van der Waals surface area contributed by atoms with Gasteiger partial charge in [0, 0.05) is 39.2 Å². The zero-order valence-corrected chi connectivity index (χ0v) is 40.3. The van der Waals surface area contributed by atoms with E-state index < -0.39 is 0 Å². The first-order valence-corrected chi connectivity index (χ1v) is 25.6. The van der Waals surface area contributed by atoms with Gasteiger partial charge in [-0.25, -0.2) is 0 Å². The second kappa shape index (κ2) is 18.6. The number of rotatable bonds is 10. The number of fused-ring (bicyclic) bond motifs is 6. The molecular weight excluding hydrogens is 869 g/mol. The second-order valence-corrected chi connectivity index (χ2v) is 19.6. The molecule has 0 amide bonds. The highest BCUT2D eigenvalue weighted by Gasteiger charge is 2.44. The monoisotopic (exact) mass is 922 g/mol. The van der Waals surface area contributed by atoms with Gasteiger partial charge in [-0.2, -0.15) is 0 Å². The van der Waals surface area contributed by atoms with Gasteiger partial charge in [0.05, 0.1) is 5.69 Å². The molecule has 72 heavy (non-hydrogen) atoms. The van der Waals surface area contributed by atoms with Crippen LogP contribution in [0.2, 0.25) is 0 Å². The predicted molar refractivity (Wildman–Crippen MR) is 304 cm³/mol. The van der Waals surface area contributed by atoms with Crippen LogP contribution in [0.5, 0.6) is 0 Å². The van der Waals surface area contributed by atoms with Crippen molar-refractivity contribution < 1.29 is 0 Å². The summed E-state index contributed by atoms with van der Waals surface area (Å²) in [6.07, 6.45) is 6.26. The Morgan fingerprint density at radius 1 is 0.264 bits per heavy atom. The van der Waals surface area contributed by atoms with Gasteiger partial charge in [0.25, 0.3) is 0 Å². The van der Waals surface area contributed by atoms with E-state index in [0.29, 0.717) is 0 Å². The molecule has 0 N–H and O–H groups in total. The lowest BCUT2D eigenvalue weighted by Gasteiger charge is -2.36. The first-order chi connectivity index (χ1) is 35.7. The number of hydrogen-bond acceptors (Lipinski definition) is 2. The van der Waals surface area contributed by atoms with Crippen LogP contribution in [-0.2, 0) is 5.41 Å². The lowest BCUT2D eigenvalue weighted by molar-refractivity contribution is 0.353. The molecule has 2 aliphatic carbocycles. The van der Waals surface area contributed by atoms with E-state index in [9.17, 15) is 0 Å². The van der Waals surface area contributed by atoms with E-state index in [1.54, 1.807) is 0 Å². The van der Waals surface area contributed by atoms with Gasteiger partial charge in [0.2, 0.25) is 0 Å². The van der Waals surface area contributed by atoms with Crippen molar-refractivity contribution in [2.75, 3.05) is 9.80 Å². The molecule has 1 spiro atoms. The Bertz CT molecular complexity index is 3680. The van der Waals surface area contributed by atoms with Crippen molar-refractivity contribution in [3.05, 3.63) is 278 Å². The van der Waals surface area contributed by atoms with Crippen LogP contribution in [0.1, 0.15) is 43.2 Å². The first kappa shape index (κ1) is 43.3. The van der Waals surface area contributed by atoms with E-state index in [-0.39, 0.29) is 5.41 Å². The summed E-state index contributed by atoms with van der Waals surface area (Å²) >= 11 is 0. The molecule has 0 aliphatic heterocycles. The minimum absolute atomic E-state index is 0.0705. The zero-order valence-electron chi connectivity index (χ0n) is 40.3. The molecule has 0 bridgehead atoms. The summed E-state index contributed by atoms with van der Waals surface area (Å²) in [5.74, 6) is 0. The Balaban J connectivity index is 0.847. The largest absolute Gasteiger partial charge is 0.310 e. The highest BCUT2D eigenvalue weighted by Crippen LogP contribution is 2.57. The molecule has 344 valence electrons. The van der Waals surface area contributed by atoms with Crippen LogP contribution in [0.15, 0.2) is 267 Å². The summed E-state index contributed by atoms with van der Waals surface area (Å²) in [6, 6.07) is 98.2. The van der Waals surface area contributed by atoms with Crippen molar-refractivity contribution in [1.29, 1.82) is 0 Å². The number of hydrogen-bond donors (Lipinski definition) is 0. The van der Waals surface area contributed by atoms with E-state index in [4.69, 9.17) is 0 Å². The molecule has 2 aliphatic rings. The van der Waals surface area contributed by atoms with Crippen molar-refractivity contribution in [3.63, 3.8) is 0 Å². The van der Waals surface area contributed by atoms with E-state index >= 15 is 0 Å². The molecule has 2 nitrogen and oxygen atoms in total. The minimum Gasteiger partial charge on any atom is -0.310 e. The van der Waals surface area contributed by atoms with Crippen LogP contribution in [0.4, 0.5) is 34.1 Å². The third-order valence-electron chi connectivity index (χ3n) is 15.5. The van der Waals surface area contributed by atoms with Gasteiger partial charge in [-0.15, -0.1) is 0 Å². The Hall–Kier alpha value is -8.72. The lowest BCUT2D eigenvalue weighted by Crippen LogP contribution is -2.28. The summed E-state index contributed by atoms with van der Waals surface area (Å²) < 4.78 is 0. The van der Waals surface area contributed by atoms with Crippen LogP contribution in [0, 0.1) is 0 Å². The van der Waals surface area contributed by atoms with Crippen molar-refractivity contribution in [3.8, 4) is 55.6 Å². The highest BCUT2D eigenvalue weighted by atomic mass is 15.1. The van der Waals surface area contributed by atoms with Crippen LogP contribution in [0.3, 0.4) is 0 Å². The lowest BCUT2D eigenvalue weighted by atomic mass is 9.68. The van der Waals surface area contributed by atoms with Crippen LogP contribution in [0.25, 0.3) is 66.4 Å². The zero-order chi connectivity index (χ0) is 47.8. The topological polar surface area (TPSA) is 6.48 Å². The molecule has 13 rings (SSSR count). The Morgan fingerprint density at radius 3 is 1.28 bits per heavy atom. The van der Waals surface area contributed by atoms with Crippen molar-refractivity contribution in [1.82, 2.24) is 0 Å². The second-order valence-electron chi connectivity index (χ2n) is 19.6. The standard InChI is InChI=1S/C70H54N2/c1-4-16-50(17-5-1)52-28-36-59(37-29-52)71(63-44-45-66-65-25-10-11-26-67(65)70(68(66)49-63)46-12-3-13-47-70)60-38-30-53(31-39-60)54-32-40-61(41-33-54)72(69-27-15-21-56-20-8-9-24-64(56)69)62-42-34-55(35-43-62)58-23-14-22-57(48-58)51-18-6-2-7-19-51/h1-2,4-11,14-45,48-49H,3,12-13,46-47H2. The summed E-state index contributed by atoms with van der Waals surface area (Å²) in [6.45, 7) is 0. The molecule has 0 radical (unpaired) electrons. The third kappa shape index (κ3) is 7.86. The molecule has 0 heterocycles. The van der Waals surface area contributed by atoms with Crippen LogP contribution in [-0.4, -0.2) is 0 Å². The SMILES string of the molecule is c1ccc(-c2ccc(N(c3ccc(-c4ccc(N(c5ccc(-c6cccc(-c7ccccc7)c6)cc5)c5cccc6ccccc56)cc4)cc3)c3ccc4c(c3)C3(CCCCC3)c3ccccc3-4)cc2)cc1. The van der Waals surface area contributed by atoms with Gasteiger partial charge in [-0.1, -0.05) is 213 Å². The fourth-order valence-corrected chi connectivity index (χ4v) is 11.9. The van der Waals surface area contributed by atoms with Gasteiger partial charge < -0.3 is 9.80 Å². The Kier molecular flexibility index (Phi) is 11.2. The molecule has 2 heteroatoms. The average Bonchev–Trinajstić information content (AvgIpc) is 3.72. The third-order valence-corrected chi connectivity index (χ3v) is 15.5. The molecule has 0 aromatic heterocycles. The van der Waals surface area contributed by atoms with Gasteiger partial charge >= 0.3 is 0 Å². The molecule has 11 aromatic rings. The summed E-state index contributed by atoms with van der Waals surface area (Å²) in [5, 5.41) is 2.42. The molecule has 1 fully saturated rings. The maximum Gasteiger partial charge on any atom is 0.0540 e. The average molecular weight is 923 g/mol. The van der Waals surface area contributed by atoms with Crippen LogP contribution < -0.4 is 9.80 Å². The Morgan fingerprint density at radius 2 is 0.681 bits per heavy atom. The van der Waals surface area contributed by atoms with Crippen molar-refractivity contribution >= 4 is 44.9 Å². The summed E-state index contributed by atoms with van der Waals surface area (Å²) in [7, 11) is 0. The number of anilines is 6. The maximum absolute atomic E-state index is 2.52. The van der Waals surface area contributed by atoms with E-state index in [2.05, 4.69) is 277 Å². The van der Waals surface area contributed by atoms with Crippen molar-refractivity contribution in [2.24, 2.45) is 0 Å². The fraction of sp³-hybridized carbons (Fsp3) is 0.0857. The van der Waals surface area contributed by atoms with Crippen LogP contribution >= 0.6 is 0 Å². The molecule has 11 aromatic carbocycles. The van der Waals surface area contributed by atoms with E-state index in [1.165, 1.54) is 115 Å². The molecule has 1 saturated carbocycles. The molecule has 0 saturated heterocycles. The maximum atomic E-state index is 2.52. The molecular formula is C70H54N2. The molecule has 0 atom stereocenters. The van der Waals surface area contributed by atoms with Crippen molar-refractivity contribution in [2.45, 2.75) is 37.5 Å². The smallest absolute Gasteiger partial charge is 0.0540 e. The normalized spacial score (nSPS) is 13.4. The quantitative estimate of drug-likeness (QED) is 0.135. The molecule has 0 unspecified atom stereocenters. The predicted octanol–water partition coefficient (Wildman–Crippen LogP) is 19.7. The number of nitrogens with zero attached hydrogens (tertiary/aromatic N) is 2. The summed E-state index contributed by atoms with van der Waals surface area (Å²) in [5.41, 5.74) is 22.3. The highest BCUT2D eigenvalue weighted by molar-refractivity contribution is 5.99. The van der Waals surface area contributed by atoms with Gasteiger partial charge in [0.1, 0.15) is 0 Å². The summed E-state index contributed by atoms with van der Waals surface area (Å²) in [4.78, 5) is 4.85. The van der Waals surface area contributed by atoms with E-state index in [1.807, 2.05) is 0 Å². The fourth-order valence-electron chi connectivity index (χ4n) is 11.9. The number of benzene rings is 11. The minimum atomic E-state index is 0.0705. The van der Waals surface area contributed by atoms with Gasteiger partial charge in [-0.3, -0.25) is 0 Å². The first-order valence-electron chi connectivity index (χ1n) is 25.6. The van der Waals surface area contributed by atoms with Gasteiger partial charge in [-0.05, 0) is 158 Å². The Labute approximate surface area is 423 Å². The van der Waals surface area contributed by atoms with E-state index in [0.717, 1.165) is 28.4 Å².